The number of halogens is 2. The van der Waals surface area contributed by atoms with Crippen LogP contribution < -0.4 is 10.0 Å². The molecule has 1 heterocycles. The van der Waals surface area contributed by atoms with Crippen LogP contribution >= 0.6 is 38.9 Å². The van der Waals surface area contributed by atoms with Crippen molar-refractivity contribution in [2.75, 3.05) is 10.0 Å². The van der Waals surface area contributed by atoms with E-state index in [1.807, 2.05) is 6.92 Å². The molecule has 0 fully saturated rings. The lowest BCUT2D eigenvalue weighted by Gasteiger charge is -2.06. The van der Waals surface area contributed by atoms with Gasteiger partial charge in [-0.2, -0.15) is 8.42 Å². The zero-order valence-corrected chi connectivity index (χ0v) is 17.7. The number of carbonyl (C=O) groups excluding carboxylic acids is 1. The number of hydrogen-bond acceptors (Lipinski definition) is 6. The number of rotatable bonds is 5. The van der Waals surface area contributed by atoms with Crippen molar-refractivity contribution < 1.29 is 13.2 Å². The molecule has 0 bridgehead atoms. The second-order valence-electron chi connectivity index (χ2n) is 5.40. The summed E-state index contributed by atoms with van der Waals surface area (Å²) in [7, 11) is -3.92. The summed E-state index contributed by atoms with van der Waals surface area (Å²) in [6.07, 6.45) is 0. The van der Waals surface area contributed by atoms with Gasteiger partial charge in [0.2, 0.25) is 5.13 Å². The highest BCUT2D eigenvalue weighted by Crippen LogP contribution is 2.25. The molecular formula is C16H12BrClN4O3S2. The summed E-state index contributed by atoms with van der Waals surface area (Å²) in [6, 6.07) is 11.3. The molecule has 2 N–H and O–H groups in total. The molecule has 1 amide bonds. The fourth-order valence-corrected chi connectivity index (χ4v) is 4.36. The summed E-state index contributed by atoms with van der Waals surface area (Å²) in [5.74, 6) is -0.441. The molecular weight excluding hydrogens is 476 g/mol. The summed E-state index contributed by atoms with van der Waals surface area (Å²) in [4.78, 5) is 12.2. The van der Waals surface area contributed by atoms with E-state index >= 15 is 0 Å². The van der Waals surface area contributed by atoms with Gasteiger partial charge in [-0.25, -0.2) is 0 Å². The molecule has 0 radical (unpaired) electrons. The summed E-state index contributed by atoms with van der Waals surface area (Å²) in [5.41, 5.74) is 1.64. The van der Waals surface area contributed by atoms with E-state index in [-0.39, 0.29) is 9.47 Å². The van der Waals surface area contributed by atoms with Crippen LogP contribution in [0.3, 0.4) is 0 Å². The Morgan fingerprint density at radius 2 is 1.85 bits per heavy atom. The summed E-state index contributed by atoms with van der Waals surface area (Å²) in [6.45, 7) is 1.84. The van der Waals surface area contributed by atoms with Crippen molar-refractivity contribution in [2.45, 2.75) is 11.3 Å². The van der Waals surface area contributed by atoms with E-state index in [1.54, 1.807) is 42.5 Å². The first-order chi connectivity index (χ1) is 12.7. The average molecular weight is 488 g/mol. The van der Waals surface area contributed by atoms with Crippen LogP contribution in [0, 0.1) is 6.92 Å². The molecule has 0 unspecified atom stereocenters. The minimum Gasteiger partial charge on any atom is -0.296 e. The van der Waals surface area contributed by atoms with Crippen molar-refractivity contribution in [3.63, 3.8) is 0 Å². The number of carbonyl (C=O) groups is 1. The van der Waals surface area contributed by atoms with Crippen LogP contribution in [0.25, 0.3) is 0 Å². The van der Waals surface area contributed by atoms with Gasteiger partial charge in [0.05, 0.1) is 0 Å². The van der Waals surface area contributed by atoms with Gasteiger partial charge in [-0.15, -0.1) is 10.2 Å². The van der Waals surface area contributed by atoms with E-state index in [0.717, 1.165) is 21.4 Å². The Morgan fingerprint density at radius 3 is 2.52 bits per heavy atom. The molecule has 0 aliphatic carbocycles. The quantitative estimate of drug-likeness (QED) is 0.522. The van der Waals surface area contributed by atoms with Crippen LogP contribution in [-0.4, -0.2) is 24.5 Å². The monoisotopic (exact) mass is 486 g/mol. The Balaban J connectivity index is 1.74. The Labute approximate surface area is 173 Å². The molecule has 11 heteroatoms. The van der Waals surface area contributed by atoms with Crippen molar-refractivity contribution in [2.24, 2.45) is 0 Å². The lowest BCUT2D eigenvalue weighted by molar-refractivity contribution is 0.102. The molecule has 7 nitrogen and oxygen atoms in total. The molecule has 0 saturated carbocycles. The van der Waals surface area contributed by atoms with Gasteiger partial charge in [-0.1, -0.05) is 38.9 Å². The summed E-state index contributed by atoms with van der Waals surface area (Å²) >= 11 is 9.90. The second-order valence-corrected chi connectivity index (χ2v) is 9.53. The van der Waals surface area contributed by atoms with Gasteiger partial charge in [-0.3, -0.25) is 14.8 Å². The molecule has 140 valence electrons. The molecule has 0 atom stereocenters. The lowest BCUT2D eigenvalue weighted by atomic mass is 10.2. The number of nitrogens with one attached hydrogen (secondary N) is 2. The first kappa shape index (κ1) is 19.7. The first-order valence-electron chi connectivity index (χ1n) is 7.44. The van der Waals surface area contributed by atoms with Crippen LogP contribution in [0.15, 0.2) is 51.3 Å². The smallest absolute Gasteiger partial charge is 0.291 e. The lowest BCUT2D eigenvalue weighted by Crippen LogP contribution is -2.12. The van der Waals surface area contributed by atoms with Gasteiger partial charge in [0.15, 0.2) is 0 Å². The van der Waals surface area contributed by atoms with Gasteiger partial charge >= 0.3 is 0 Å². The number of aromatic nitrogens is 2. The van der Waals surface area contributed by atoms with Crippen LogP contribution in [0.2, 0.25) is 5.02 Å². The third-order valence-electron chi connectivity index (χ3n) is 3.37. The van der Waals surface area contributed by atoms with E-state index in [0.29, 0.717) is 16.3 Å². The van der Waals surface area contributed by atoms with E-state index < -0.39 is 15.9 Å². The first-order valence-corrected chi connectivity index (χ1v) is 10.9. The molecule has 3 rings (SSSR count). The number of nitrogens with zero attached hydrogens (tertiary/aromatic N) is 2. The van der Waals surface area contributed by atoms with Gasteiger partial charge in [0, 0.05) is 20.7 Å². The molecule has 27 heavy (non-hydrogen) atoms. The number of hydrogen-bond donors (Lipinski definition) is 2. The number of anilines is 2. The number of aryl methyl sites for hydroxylation is 1. The molecule has 2 aromatic carbocycles. The number of benzene rings is 2. The Kier molecular flexibility index (Phi) is 5.80. The van der Waals surface area contributed by atoms with Crippen LogP contribution in [0.1, 0.15) is 15.9 Å². The molecule has 0 aliphatic heterocycles. The van der Waals surface area contributed by atoms with Crippen molar-refractivity contribution in [3.05, 3.63) is 63.1 Å². The molecule has 1 aromatic heterocycles. The predicted octanol–water partition coefficient (Wildman–Crippen LogP) is 4.32. The second kappa shape index (κ2) is 7.93. The van der Waals surface area contributed by atoms with Crippen molar-refractivity contribution in [1.82, 2.24) is 10.2 Å². The normalized spacial score (nSPS) is 11.2. The highest BCUT2D eigenvalue weighted by Gasteiger charge is 2.21. The maximum absolute atomic E-state index is 12.5. The minimum absolute atomic E-state index is 0.0716. The fourth-order valence-electron chi connectivity index (χ4n) is 2.05. The highest BCUT2D eigenvalue weighted by atomic mass is 79.9. The molecule has 0 saturated heterocycles. The number of amides is 1. The number of sulfonamides is 1. The largest absolute Gasteiger partial charge is 0.296 e. The molecule has 0 aliphatic rings. The SMILES string of the molecule is Cc1cc(NS(=O)(=O)c2nnc(NC(=O)c3ccc(Cl)cc3)s2)ccc1Br. The summed E-state index contributed by atoms with van der Waals surface area (Å²) < 4.78 is 28.0. The molecule has 3 aromatic rings. The third-order valence-corrected chi connectivity index (χ3v) is 7.10. The van der Waals surface area contributed by atoms with E-state index in [1.165, 1.54) is 0 Å². The van der Waals surface area contributed by atoms with Crippen molar-refractivity contribution in [1.29, 1.82) is 0 Å². The Morgan fingerprint density at radius 1 is 1.15 bits per heavy atom. The van der Waals surface area contributed by atoms with Crippen LogP contribution in [0.5, 0.6) is 0 Å². The maximum atomic E-state index is 12.5. The minimum atomic E-state index is -3.92. The van der Waals surface area contributed by atoms with Crippen LogP contribution in [-0.2, 0) is 10.0 Å². The Bertz CT molecular complexity index is 1100. The van der Waals surface area contributed by atoms with E-state index in [2.05, 4.69) is 36.2 Å². The average Bonchev–Trinajstić information content (AvgIpc) is 3.08. The zero-order valence-electron chi connectivity index (χ0n) is 13.7. The summed E-state index contributed by atoms with van der Waals surface area (Å²) in [5, 5.41) is 10.5. The zero-order chi connectivity index (χ0) is 19.6. The Hall–Kier alpha value is -2.01. The predicted molar refractivity (Wildman–Crippen MR) is 109 cm³/mol. The van der Waals surface area contributed by atoms with Gasteiger partial charge < -0.3 is 0 Å². The van der Waals surface area contributed by atoms with Crippen LogP contribution in [0.4, 0.5) is 10.8 Å². The van der Waals surface area contributed by atoms with Gasteiger partial charge in [0.1, 0.15) is 0 Å². The van der Waals surface area contributed by atoms with E-state index in [9.17, 15) is 13.2 Å². The highest BCUT2D eigenvalue weighted by molar-refractivity contribution is 9.10. The van der Waals surface area contributed by atoms with Crippen molar-refractivity contribution >= 4 is 65.6 Å². The topological polar surface area (TPSA) is 101 Å². The maximum Gasteiger partial charge on any atom is 0.291 e. The van der Waals surface area contributed by atoms with Crippen molar-refractivity contribution in [3.8, 4) is 0 Å². The van der Waals surface area contributed by atoms with Gasteiger partial charge in [0.25, 0.3) is 20.3 Å². The molecule has 0 spiro atoms. The third kappa shape index (κ3) is 4.83. The van der Waals surface area contributed by atoms with E-state index in [4.69, 9.17) is 11.6 Å². The standard InChI is InChI=1S/C16H12BrClN4O3S2/c1-9-8-12(6-7-13(9)17)22-27(24,25)16-21-20-15(26-16)19-14(23)10-2-4-11(18)5-3-10/h2-8,22H,1H3,(H,19,20,23). The fraction of sp³-hybridized carbons (Fsp3) is 0.0625. The van der Waals surface area contributed by atoms with Gasteiger partial charge in [-0.05, 0) is 55.0 Å².